The summed E-state index contributed by atoms with van der Waals surface area (Å²) in [5.74, 6) is -9.98. The molecule has 0 amide bonds. The Labute approximate surface area is 171 Å². The van der Waals surface area contributed by atoms with E-state index in [0.29, 0.717) is 24.6 Å². The van der Waals surface area contributed by atoms with E-state index in [4.69, 9.17) is 0 Å². The maximum atomic E-state index is 14.4. The van der Waals surface area contributed by atoms with Crippen molar-refractivity contribution in [1.29, 1.82) is 0 Å². The van der Waals surface area contributed by atoms with E-state index in [2.05, 4.69) is 4.74 Å². The molecule has 0 aliphatic heterocycles. The summed E-state index contributed by atoms with van der Waals surface area (Å²) in [4.78, 5) is 0. The van der Waals surface area contributed by atoms with E-state index >= 15 is 0 Å². The predicted octanol–water partition coefficient (Wildman–Crippen LogP) is 7.27. The van der Waals surface area contributed by atoms with Gasteiger partial charge in [0.1, 0.15) is 28.8 Å². The van der Waals surface area contributed by atoms with E-state index in [1.807, 2.05) is 0 Å². The normalized spacial score (nSPS) is 11.6. The summed E-state index contributed by atoms with van der Waals surface area (Å²) in [5, 5.41) is 0. The standard InChI is InChI=1S/C22H14F8O/c1-2-3-11-6-16(24)20(17(25)7-11)22(29,30)31-13-4-5-14(15(23)10-13)12-8-18(26)21(28)19(27)9-12/h4-10H,2-3H2,1H3. The largest absolute Gasteiger partial charge is 0.432 e. The van der Waals surface area contributed by atoms with Crippen molar-refractivity contribution in [2.24, 2.45) is 0 Å². The molecule has 0 spiro atoms. The fourth-order valence-electron chi connectivity index (χ4n) is 3.04. The molecule has 0 aromatic heterocycles. The van der Waals surface area contributed by atoms with E-state index in [1.165, 1.54) is 0 Å². The molecule has 0 atom stereocenters. The first-order valence-electron chi connectivity index (χ1n) is 9.03. The van der Waals surface area contributed by atoms with Crippen LogP contribution in [0.25, 0.3) is 11.1 Å². The quantitative estimate of drug-likeness (QED) is 0.286. The Hall–Kier alpha value is -3.10. The van der Waals surface area contributed by atoms with Crippen molar-refractivity contribution in [3.05, 3.63) is 88.5 Å². The van der Waals surface area contributed by atoms with Crippen LogP contribution in [-0.4, -0.2) is 0 Å². The maximum Gasteiger partial charge on any atom is 0.432 e. The molecule has 0 fully saturated rings. The van der Waals surface area contributed by atoms with Crippen molar-refractivity contribution < 1.29 is 39.9 Å². The van der Waals surface area contributed by atoms with Crippen LogP contribution < -0.4 is 4.74 Å². The molecular formula is C22H14F8O. The molecule has 0 bridgehead atoms. The molecule has 164 valence electrons. The second-order valence-electron chi connectivity index (χ2n) is 6.70. The highest BCUT2D eigenvalue weighted by Gasteiger charge is 2.41. The van der Waals surface area contributed by atoms with Gasteiger partial charge < -0.3 is 4.74 Å². The van der Waals surface area contributed by atoms with Crippen LogP contribution >= 0.6 is 0 Å². The lowest BCUT2D eigenvalue weighted by atomic mass is 10.0. The molecule has 0 saturated carbocycles. The zero-order valence-corrected chi connectivity index (χ0v) is 15.9. The van der Waals surface area contributed by atoms with E-state index in [-0.39, 0.29) is 12.0 Å². The third kappa shape index (κ3) is 4.65. The van der Waals surface area contributed by atoms with Crippen molar-refractivity contribution in [2.75, 3.05) is 0 Å². The lowest BCUT2D eigenvalue weighted by Gasteiger charge is -2.20. The van der Waals surface area contributed by atoms with Crippen LogP contribution in [0.5, 0.6) is 5.75 Å². The molecule has 31 heavy (non-hydrogen) atoms. The molecule has 3 aromatic carbocycles. The van der Waals surface area contributed by atoms with Gasteiger partial charge in [0.2, 0.25) is 0 Å². The monoisotopic (exact) mass is 446 g/mol. The van der Waals surface area contributed by atoms with Crippen molar-refractivity contribution >= 4 is 0 Å². The van der Waals surface area contributed by atoms with Crippen LogP contribution in [0.2, 0.25) is 0 Å². The first kappa shape index (κ1) is 22.6. The van der Waals surface area contributed by atoms with Crippen molar-refractivity contribution in [2.45, 2.75) is 25.9 Å². The Bertz CT molecular complexity index is 1080. The zero-order valence-electron chi connectivity index (χ0n) is 15.9. The van der Waals surface area contributed by atoms with Crippen molar-refractivity contribution in [3.8, 4) is 16.9 Å². The highest BCUT2D eigenvalue weighted by molar-refractivity contribution is 5.65. The van der Waals surface area contributed by atoms with Crippen LogP contribution in [0.1, 0.15) is 24.5 Å². The Morgan fingerprint density at radius 2 is 1.32 bits per heavy atom. The minimum Gasteiger partial charge on any atom is -0.429 e. The van der Waals surface area contributed by atoms with Gasteiger partial charge in [-0.15, -0.1) is 0 Å². The average molecular weight is 446 g/mol. The third-order valence-corrected chi connectivity index (χ3v) is 4.41. The second kappa shape index (κ2) is 8.56. The van der Waals surface area contributed by atoms with Gasteiger partial charge in [-0.3, -0.25) is 0 Å². The smallest absolute Gasteiger partial charge is 0.429 e. The van der Waals surface area contributed by atoms with Crippen LogP contribution in [0.3, 0.4) is 0 Å². The number of ether oxygens (including phenoxy) is 1. The van der Waals surface area contributed by atoms with Gasteiger partial charge in [0, 0.05) is 11.6 Å². The number of benzene rings is 3. The summed E-state index contributed by atoms with van der Waals surface area (Å²) >= 11 is 0. The summed E-state index contributed by atoms with van der Waals surface area (Å²) in [6.45, 7) is 1.74. The van der Waals surface area contributed by atoms with Crippen LogP contribution in [0.15, 0.2) is 42.5 Å². The minimum absolute atomic E-state index is 0.186. The van der Waals surface area contributed by atoms with Gasteiger partial charge in [-0.25, -0.2) is 26.3 Å². The van der Waals surface area contributed by atoms with Gasteiger partial charge in [0.25, 0.3) is 0 Å². The Kier molecular flexibility index (Phi) is 6.24. The van der Waals surface area contributed by atoms with E-state index < -0.39 is 63.5 Å². The number of rotatable bonds is 6. The fourth-order valence-corrected chi connectivity index (χ4v) is 3.04. The van der Waals surface area contributed by atoms with Crippen molar-refractivity contribution in [3.63, 3.8) is 0 Å². The number of hydrogen-bond acceptors (Lipinski definition) is 1. The minimum atomic E-state index is -4.49. The van der Waals surface area contributed by atoms with Crippen LogP contribution in [0, 0.1) is 34.9 Å². The fraction of sp³-hybridized carbons (Fsp3) is 0.182. The molecule has 0 radical (unpaired) electrons. The first-order chi connectivity index (χ1) is 14.5. The SMILES string of the molecule is CCCc1cc(F)c(C(F)(F)Oc2ccc(-c3cc(F)c(F)c(F)c3)c(F)c2)c(F)c1. The van der Waals surface area contributed by atoms with Gasteiger partial charge in [0.15, 0.2) is 17.5 Å². The highest BCUT2D eigenvalue weighted by Crippen LogP contribution is 2.37. The first-order valence-corrected chi connectivity index (χ1v) is 9.03. The number of hydrogen-bond donors (Lipinski definition) is 0. The number of aryl methyl sites for hydroxylation is 1. The molecule has 0 N–H and O–H groups in total. The second-order valence-corrected chi connectivity index (χ2v) is 6.70. The van der Waals surface area contributed by atoms with Crippen LogP contribution in [-0.2, 0) is 12.5 Å². The molecule has 1 nitrogen and oxygen atoms in total. The molecule has 3 rings (SSSR count). The number of alkyl halides is 2. The number of halogens is 8. The molecule has 0 aliphatic carbocycles. The summed E-state index contributed by atoms with van der Waals surface area (Å²) in [7, 11) is 0. The van der Waals surface area contributed by atoms with Gasteiger partial charge in [-0.1, -0.05) is 13.3 Å². The molecule has 0 unspecified atom stereocenters. The van der Waals surface area contributed by atoms with Gasteiger partial charge in [0.05, 0.1) is 0 Å². The highest BCUT2D eigenvalue weighted by atomic mass is 19.3. The Morgan fingerprint density at radius 3 is 1.84 bits per heavy atom. The van der Waals surface area contributed by atoms with Gasteiger partial charge in [-0.2, -0.15) is 8.78 Å². The Morgan fingerprint density at radius 1 is 0.742 bits per heavy atom. The zero-order chi connectivity index (χ0) is 22.9. The Balaban J connectivity index is 1.92. The maximum absolute atomic E-state index is 14.4. The summed E-state index contributed by atoms with van der Waals surface area (Å²) in [6.07, 6.45) is -3.67. The molecule has 0 saturated heterocycles. The lowest BCUT2D eigenvalue weighted by molar-refractivity contribution is -0.189. The predicted molar refractivity (Wildman–Crippen MR) is 96.6 cm³/mol. The molecule has 0 aliphatic rings. The summed E-state index contributed by atoms with van der Waals surface area (Å²) in [6, 6.07) is 4.68. The van der Waals surface area contributed by atoms with E-state index in [9.17, 15) is 35.1 Å². The van der Waals surface area contributed by atoms with Gasteiger partial charge >= 0.3 is 6.11 Å². The third-order valence-electron chi connectivity index (χ3n) is 4.41. The lowest BCUT2D eigenvalue weighted by Crippen LogP contribution is -2.25. The van der Waals surface area contributed by atoms with E-state index in [1.54, 1.807) is 6.92 Å². The van der Waals surface area contributed by atoms with E-state index in [0.717, 1.165) is 24.3 Å². The topological polar surface area (TPSA) is 9.23 Å². The summed E-state index contributed by atoms with van der Waals surface area (Å²) in [5.41, 5.74) is -2.28. The average Bonchev–Trinajstić information content (AvgIpc) is 2.65. The summed E-state index contributed by atoms with van der Waals surface area (Å²) < 4.78 is 116. The molecule has 9 heteroatoms. The molecule has 0 heterocycles. The molecule has 3 aromatic rings. The van der Waals surface area contributed by atoms with Gasteiger partial charge in [-0.05, 0) is 53.9 Å². The molecular weight excluding hydrogens is 432 g/mol. The van der Waals surface area contributed by atoms with Crippen molar-refractivity contribution in [1.82, 2.24) is 0 Å². The van der Waals surface area contributed by atoms with Crippen LogP contribution in [0.4, 0.5) is 35.1 Å².